The summed E-state index contributed by atoms with van der Waals surface area (Å²) in [4.78, 5) is 15.4. The third-order valence-corrected chi connectivity index (χ3v) is 3.67. The lowest BCUT2D eigenvalue weighted by Crippen LogP contribution is -2.14. The number of benzene rings is 2. The highest BCUT2D eigenvalue weighted by atomic mass is 19.1. The third-order valence-electron chi connectivity index (χ3n) is 3.67. The zero-order valence-corrected chi connectivity index (χ0v) is 12.5. The monoisotopic (exact) mass is 316 g/mol. The van der Waals surface area contributed by atoms with Crippen LogP contribution in [-0.4, -0.2) is 18.0 Å². The van der Waals surface area contributed by atoms with Gasteiger partial charge in [-0.1, -0.05) is 0 Å². The van der Waals surface area contributed by atoms with E-state index in [-0.39, 0.29) is 5.69 Å². The van der Waals surface area contributed by atoms with Crippen molar-refractivity contribution in [2.45, 2.75) is 6.92 Å². The quantitative estimate of drug-likeness (QED) is 0.767. The van der Waals surface area contributed by atoms with Crippen molar-refractivity contribution in [2.75, 3.05) is 12.4 Å². The van der Waals surface area contributed by atoms with Gasteiger partial charge in [-0.3, -0.25) is 4.79 Å². The largest absolute Gasteiger partial charge is 0.497 e. The lowest BCUT2D eigenvalue weighted by Gasteiger charge is -2.06. The lowest BCUT2D eigenvalue weighted by molar-refractivity contribution is 0.102. The molecule has 23 heavy (non-hydrogen) atoms. The van der Waals surface area contributed by atoms with Crippen LogP contribution in [0.2, 0.25) is 0 Å². The number of aromatic nitrogens is 1. The van der Waals surface area contributed by atoms with Crippen LogP contribution in [0.5, 0.6) is 5.75 Å². The fourth-order valence-corrected chi connectivity index (χ4v) is 2.45. The minimum absolute atomic E-state index is 0.0768. The molecule has 1 amide bonds. The van der Waals surface area contributed by atoms with Crippen molar-refractivity contribution >= 4 is 22.5 Å². The summed E-state index contributed by atoms with van der Waals surface area (Å²) in [5.74, 6) is -1.36. The van der Waals surface area contributed by atoms with Gasteiger partial charge in [-0.15, -0.1) is 0 Å². The van der Waals surface area contributed by atoms with Crippen molar-refractivity contribution in [1.82, 2.24) is 4.98 Å². The van der Waals surface area contributed by atoms with Crippen LogP contribution in [0.3, 0.4) is 0 Å². The molecular formula is C17H14F2N2O2. The molecule has 0 fully saturated rings. The van der Waals surface area contributed by atoms with E-state index in [0.29, 0.717) is 11.4 Å². The van der Waals surface area contributed by atoms with Gasteiger partial charge in [0.15, 0.2) is 0 Å². The molecule has 3 rings (SSSR count). The van der Waals surface area contributed by atoms with Gasteiger partial charge >= 0.3 is 0 Å². The molecule has 0 bridgehead atoms. The first-order valence-corrected chi connectivity index (χ1v) is 6.92. The standard InChI is InChI=1S/C17H14F2N2O2/c1-9-12-5-4-11(23-2)8-15(12)20-16(9)17(22)21-14-6-3-10(18)7-13(14)19/h3-8,20H,1-2H3,(H,21,22). The summed E-state index contributed by atoms with van der Waals surface area (Å²) in [7, 11) is 1.56. The van der Waals surface area contributed by atoms with Crippen molar-refractivity contribution in [2.24, 2.45) is 0 Å². The molecule has 1 aromatic heterocycles. The van der Waals surface area contributed by atoms with E-state index in [2.05, 4.69) is 10.3 Å². The van der Waals surface area contributed by atoms with Gasteiger partial charge in [-0.25, -0.2) is 8.78 Å². The number of halogens is 2. The van der Waals surface area contributed by atoms with Gasteiger partial charge in [-0.2, -0.15) is 0 Å². The zero-order valence-electron chi connectivity index (χ0n) is 12.5. The molecule has 2 N–H and O–H groups in total. The fraction of sp³-hybridized carbons (Fsp3) is 0.118. The summed E-state index contributed by atoms with van der Waals surface area (Å²) < 4.78 is 31.7. The molecule has 0 unspecified atom stereocenters. The van der Waals surface area contributed by atoms with Crippen LogP contribution < -0.4 is 10.1 Å². The van der Waals surface area contributed by atoms with Crippen LogP contribution in [-0.2, 0) is 0 Å². The Bertz CT molecular complexity index is 903. The van der Waals surface area contributed by atoms with Gasteiger partial charge in [0.25, 0.3) is 5.91 Å². The van der Waals surface area contributed by atoms with Crippen molar-refractivity contribution < 1.29 is 18.3 Å². The molecule has 118 valence electrons. The molecular weight excluding hydrogens is 302 g/mol. The Balaban J connectivity index is 1.95. The minimum atomic E-state index is -0.825. The number of hydrogen-bond donors (Lipinski definition) is 2. The molecule has 0 spiro atoms. The topological polar surface area (TPSA) is 54.1 Å². The number of carbonyl (C=O) groups is 1. The summed E-state index contributed by atoms with van der Waals surface area (Å²) in [6, 6.07) is 8.40. The number of anilines is 1. The molecule has 0 saturated carbocycles. The Morgan fingerprint density at radius 3 is 2.65 bits per heavy atom. The first-order valence-electron chi connectivity index (χ1n) is 6.92. The number of amides is 1. The number of aryl methyl sites for hydroxylation is 1. The second kappa shape index (κ2) is 5.72. The summed E-state index contributed by atoms with van der Waals surface area (Å²) in [5.41, 5.74) is 1.72. The second-order valence-electron chi connectivity index (χ2n) is 5.11. The van der Waals surface area contributed by atoms with E-state index in [9.17, 15) is 13.6 Å². The number of carbonyl (C=O) groups excluding carboxylic acids is 1. The van der Waals surface area contributed by atoms with Gasteiger partial charge in [0.05, 0.1) is 12.8 Å². The summed E-state index contributed by atoms with van der Waals surface area (Å²) >= 11 is 0. The van der Waals surface area contributed by atoms with Gasteiger partial charge in [0.2, 0.25) is 0 Å². The predicted octanol–water partition coefficient (Wildman–Crippen LogP) is 4.02. The highest BCUT2D eigenvalue weighted by molar-refractivity contribution is 6.08. The normalized spacial score (nSPS) is 10.8. The maximum absolute atomic E-state index is 13.6. The Labute approximate surface area is 131 Å². The van der Waals surface area contributed by atoms with E-state index in [0.717, 1.165) is 28.6 Å². The summed E-state index contributed by atoms with van der Waals surface area (Å²) in [6.07, 6.45) is 0. The van der Waals surface area contributed by atoms with Crippen molar-refractivity contribution in [3.05, 3.63) is 59.3 Å². The molecule has 0 aliphatic carbocycles. The smallest absolute Gasteiger partial charge is 0.272 e. The fourth-order valence-electron chi connectivity index (χ4n) is 2.45. The van der Waals surface area contributed by atoms with Gasteiger partial charge in [0.1, 0.15) is 23.1 Å². The predicted molar refractivity (Wildman–Crippen MR) is 83.9 cm³/mol. The molecule has 0 aliphatic rings. The van der Waals surface area contributed by atoms with E-state index in [4.69, 9.17) is 4.74 Å². The summed E-state index contributed by atoms with van der Waals surface area (Å²) in [6.45, 7) is 1.79. The molecule has 0 saturated heterocycles. The molecule has 6 heteroatoms. The van der Waals surface area contributed by atoms with Gasteiger partial charge in [-0.05, 0) is 36.8 Å². The van der Waals surface area contributed by atoms with Crippen LogP contribution in [0.15, 0.2) is 36.4 Å². The molecule has 3 aromatic rings. The maximum Gasteiger partial charge on any atom is 0.272 e. The molecule has 0 atom stereocenters. The Hall–Kier alpha value is -2.89. The highest BCUT2D eigenvalue weighted by Gasteiger charge is 2.16. The highest BCUT2D eigenvalue weighted by Crippen LogP contribution is 2.26. The van der Waals surface area contributed by atoms with Crippen LogP contribution in [0.1, 0.15) is 16.1 Å². The molecule has 0 radical (unpaired) electrons. The molecule has 0 aliphatic heterocycles. The van der Waals surface area contributed by atoms with E-state index in [1.54, 1.807) is 26.2 Å². The lowest BCUT2D eigenvalue weighted by atomic mass is 10.1. The van der Waals surface area contributed by atoms with Crippen molar-refractivity contribution in [1.29, 1.82) is 0 Å². The Morgan fingerprint density at radius 1 is 1.17 bits per heavy atom. The van der Waals surface area contributed by atoms with Crippen LogP contribution in [0.4, 0.5) is 14.5 Å². The van der Waals surface area contributed by atoms with E-state index in [1.165, 1.54) is 6.07 Å². The molecule has 4 nitrogen and oxygen atoms in total. The van der Waals surface area contributed by atoms with E-state index in [1.807, 2.05) is 6.07 Å². The van der Waals surface area contributed by atoms with Crippen molar-refractivity contribution in [3.8, 4) is 5.75 Å². The van der Waals surface area contributed by atoms with E-state index < -0.39 is 17.5 Å². The number of ether oxygens (including phenoxy) is 1. The minimum Gasteiger partial charge on any atom is -0.497 e. The number of nitrogens with one attached hydrogen (secondary N) is 2. The average molecular weight is 316 g/mol. The van der Waals surface area contributed by atoms with Gasteiger partial charge in [0, 0.05) is 23.0 Å². The molecule has 2 aromatic carbocycles. The molecule has 1 heterocycles. The van der Waals surface area contributed by atoms with Gasteiger partial charge < -0.3 is 15.0 Å². The summed E-state index contributed by atoms with van der Waals surface area (Å²) in [5, 5.41) is 3.31. The Kier molecular flexibility index (Phi) is 3.73. The Morgan fingerprint density at radius 2 is 1.96 bits per heavy atom. The third kappa shape index (κ3) is 2.75. The zero-order chi connectivity index (χ0) is 16.6. The number of H-pyrrole nitrogens is 1. The maximum atomic E-state index is 13.6. The number of rotatable bonds is 3. The van der Waals surface area contributed by atoms with Crippen LogP contribution in [0.25, 0.3) is 10.9 Å². The first kappa shape index (κ1) is 15.0. The SMILES string of the molecule is COc1ccc2c(C)c(C(=O)Nc3ccc(F)cc3F)[nH]c2c1. The number of aromatic amines is 1. The van der Waals surface area contributed by atoms with E-state index >= 15 is 0 Å². The second-order valence-corrected chi connectivity index (χ2v) is 5.11. The van der Waals surface area contributed by atoms with Crippen LogP contribution >= 0.6 is 0 Å². The number of fused-ring (bicyclic) bond motifs is 1. The van der Waals surface area contributed by atoms with Crippen molar-refractivity contribution in [3.63, 3.8) is 0 Å². The van der Waals surface area contributed by atoms with Crippen LogP contribution in [0, 0.1) is 18.6 Å². The average Bonchev–Trinajstić information content (AvgIpc) is 2.86. The number of hydrogen-bond acceptors (Lipinski definition) is 2. The first-order chi connectivity index (χ1) is 11.0. The number of methoxy groups -OCH3 is 1.